The third-order valence-corrected chi connectivity index (χ3v) is 4.81. The zero-order valence-corrected chi connectivity index (χ0v) is 13.1. The van der Waals surface area contributed by atoms with Crippen LogP contribution in [-0.2, 0) is 0 Å². The van der Waals surface area contributed by atoms with Crippen LogP contribution in [0.25, 0.3) is 0 Å². The van der Waals surface area contributed by atoms with E-state index in [0.29, 0.717) is 16.0 Å². The number of nitrogens with zero attached hydrogens (tertiary/aromatic N) is 1. The molecule has 1 aromatic rings. The molecule has 0 spiro atoms. The number of aromatic hydroxyl groups is 1. The van der Waals surface area contributed by atoms with Gasteiger partial charge in [0.1, 0.15) is 5.75 Å². The second-order valence-electron chi connectivity index (χ2n) is 5.44. The summed E-state index contributed by atoms with van der Waals surface area (Å²) in [4.78, 5) is 14.2. The first-order valence-electron chi connectivity index (χ1n) is 6.89. The van der Waals surface area contributed by atoms with Crippen molar-refractivity contribution in [1.29, 1.82) is 0 Å². The van der Waals surface area contributed by atoms with Gasteiger partial charge < -0.3 is 15.1 Å². The van der Waals surface area contributed by atoms with Gasteiger partial charge in [-0.15, -0.1) is 0 Å². The average molecular weight is 342 g/mol. The highest BCUT2D eigenvalue weighted by Crippen LogP contribution is 2.29. The minimum atomic E-state index is -0.0692. The summed E-state index contributed by atoms with van der Waals surface area (Å²) in [6.45, 7) is 0.241. The van der Waals surface area contributed by atoms with Crippen LogP contribution in [-0.4, -0.2) is 40.7 Å². The molecule has 0 radical (unpaired) electrons. The van der Waals surface area contributed by atoms with Crippen LogP contribution < -0.4 is 0 Å². The molecule has 1 aliphatic rings. The molecule has 4 nitrogen and oxygen atoms in total. The van der Waals surface area contributed by atoms with Gasteiger partial charge in [-0.05, 0) is 65.7 Å². The van der Waals surface area contributed by atoms with Gasteiger partial charge in [-0.25, -0.2) is 0 Å². The second-order valence-corrected chi connectivity index (χ2v) is 6.29. The Bertz CT molecular complexity index is 484. The van der Waals surface area contributed by atoms with Crippen LogP contribution in [0.15, 0.2) is 22.7 Å². The average Bonchev–Trinajstić information content (AvgIpc) is 2.48. The Morgan fingerprint density at radius 3 is 2.55 bits per heavy atom. The van der Waals surface area contributed by atoms with E-state index in [1.54, 1.807) is 17.0 Å². The molecule has 1 aliphatic carbocycles. The monoisotopic (exact) mass is 341 g/mol. The summed E-state index contributed by atoms with van der Waals surface area (Å²) in [5, 5.41) is 18.8. The molecule has 0 unspecified atom stereocenters. The van der Waals surface area contributed by atoms with Gasteiger partial charge in [0, 0.05) is 25.3 Å². The van der Waals surface area contributed by atoms with E-state index >= 15 is 0 Å². The van der Waals surface area contributed by atoms with Gasteiger partial charge in [-0.2, -0.15) is 0 Å². The maximum Gasteiger partial charge on any atom is 0.253 e. The van der Waals surface area contributed by atoms with Gasteiger partial charge >= 0.3 is 0 Å². The Hall–Kier alpha value is -1.07. The van der Waals surface area contributed by atoms with E-state index in [0.717, 1.165) is 25.7 Å². The summed E-state index contributed by atoms with van der Waals surface area (Å²) in [5.74, 6) is 0.389. The fourth-order valence-electron chi connectivity index (χ4n) is 2.73. The summed E-state index contributed by atoms with van der Waals surface area (Å²) in [5.41, 5.74) is 0.498. The molecule has 2 N–H and O–H groups in total. The van der Waals surface area contributed by atoms with Gasteiger partial charge in [-0.3, -0.25) is 4.79 Å². The molecule has 0 bridgehead atoms. The van der Waals surface area contributed by atoms with Gasteiger partial charge in [0.15, 0.2) is 0 Å². The Morgan fingerprint density at radius 2 is 2.00 bits per heavy atom. The summed E-state index contributed by atoms with van der Waals surface area (Å²) in [6, 6.07) is 5.10. The van der Waals surface area contributed by atoms with Gasteiger partial charge in [0.05, 0.1) is 4.47 Å². The Morgan fingerprint density at radius 1 is 1.35 bits per heavy atom. The molecule has 20 heavy (non-hydrogen) atoms. The number of phenols is 1. The smallest absolute Gasteiger partial charge is 0.253 e. The molecular formula is C15H20BrNO3. The Labute approximate surface area is 127 Å². The van der Waals surface area contributed by atoms with E-state index in [9.17, 15) is 9.90 Å². The zero-order valence-electron chi connectivity index (χ0n) is 11.6. The zero-order chi connectivity index (χ0) is 14.7. The lowest BCUT2D eigenvalue weighted by Crippen LogP contribution is -2.39. The van der Waals surface area contributed by atoms with Crippen LogP contribution in [0.5, 0.6) is 5.75 Å². The highest BCUT2D eigenvalue weighted by Gasteiger charge is 2.26. The number of rotatable bonds is 3. The summed E-state index contributed by atoms with van der Waals surface area (Å²) in [6.07, 6.45) is 3.78. The molecule has 1 amide bonds. The molecule has 0 aromatic heterocycles. The van der Waals surface area contributed by atoms with Crippen LogP contribution in [0.4, 0.5) is 0 Å². The number of carbonyl (C=O) groups excluding carboxylic acids is 1. The topological polar surface area (TPSA) is 60.8 Å². The number of phenolic OH excluding ortho intramolecular Hbond substituents is 1. The maximum absolute atomic E-state index is 12.4. The summed E-state index contributed by atoms with van der Waals surface area (Å²) >= 11 is 3.21. The van der Waals surface area contributed by atoms with Crippen molar-refractivity contribution in [3.63, 3.8) is 0 Å². The second kappa shape index (κ2) is 6.59. The molecule has 1 saturated carbocycles. The predicted molar refractivity (Wildman–Crippen MR) is 80.7 cm³/mol. The maximum atomic E-state index is 12.4. The van der Waals surface area contributed by atoms with Gasteiger partial charge in [0.25, 0.3) is 5.91 Å². The van der Waals surface area contributed by atoms with Crippen molar-refractivity contribution >= 4 is 21.8 Å². The van der Waals surface area contributed by atoms with Crippen LogP contribution in [0.2, 0.25) is 0 Å². The normalized spacial score (nSPS) is 22.6. The van der Waals surface area contributed by atoms with Crippen LogP contribution in [0.1, 0.15) is 36.0 Å². The minimum absolute atomic E-state index is 0.0692. The molecule has 0 heterocycles. The number of hydrogen-bond acceptors (Lipinski definition) is 3. The van der Waals surface area contributed by atoms with Crippen molar-refractivity contribution < 1.29 is 15.0 Å². The lowest BCUT2D eigenvalue weighted by molar-refractivity contribution is 0.0652. The molecule has 110 valence electrons. The lowest BCUT2D eigenvalue weighted by atomic mass is 9.86. The van der Waals surface area contributed by atoms with E-state index in [1.165, 1.54) is 6.07 Å². The molecule has 5 heteroatoms. The Kier molecular flexibility index (Phi) is 5.05. The third kappa shape index (κ3) is 3.33. The predicted octanol–water partition coefficient (Wildman–Crippen LogP) is 2.78. The number of benzene rings is 1. The van der Waals surface area contributed by atoms with E-state index in [2.05, 4.69) is 15.9 Å². The van der Waals surface area contributed by atoms with Crippen LogP contribution in [0, 0.1) is 5.92 Å². The van der Waals surface area contributed by atoms with Gasteiger partial charge in [0.2, 0.25) is 0 Å². The number of carbonyl (C=O) groups is 1. The number of hydrogen-bond donors (Lipinski definition) is 2. The van der Waals surface area contributed by atoms with Crippen molar-refractivity contribution in [3.05, 3.63) is 28.2 Å². The molecule has 0 atom stereocenters. The molecular weight excluding hydrogens is 322 g/mol. The first kappa shape index (κ1) is 15.3. The van der Waals surface area contributed by atoms with Crippen molar-refractivity contribution in [2.75, 3.05) is 13.7 Å². The summed E-state index contributed by atoms with van der Waals surface area (Å²) < 4.78 is 0.583. The van der Waals surface area contributed by atoms with Gasteiger partial charge in [-0.1, -0.05) is 0 Å². The van der Waals surface area contributed by atoms with E-state index in [4.69, 9.17) is 5.11 Å². The van der Waals surface area contributed by atoms with Crippen molar-refractivity contribution in [2.45, 2.75) is 31.7 Å². The quantitative estimate of drug-likeness (QED) is 0.888. The first-order valence-corrected chi connectivity index (χ1v) is 7.68. The van der Waals surface area contributed by atoms with Crippen LogP contribution >= 0.6 is 15.9 Å². The molecule has 1 aromatic carbocycles. The van der Waals surface area contributed by atoms with E-state index in [1.807, 2.05) is 7.05 Å². The van der Waals surface area contributed by atoms with E-state index in [-0.39, 0.29) is 24.3 Å². The highest BCUT2D eigenvalue weighted by atomic mass is 79.9. The Balaban J connectivity index is 2.03. The van der Waals surface area contributed by atoms with Crippen molar-refractivity contribution in [3.8, 4) is 5.75 Å². The number of halogens is 1. The summed E-state index contributed by atoms with van der Waals surface area (Å²) in [7, 11) is 1.81. The molecule has 1 fully saturated rings. The van der Waals surface area contributed by atoms with Crippen molar-refractivity contribution in [2.24, 2.45) is 5.92 Å². The van der Waals surface area contributed by atoms with E-state index < -0.39 is 0 Å². The lowest BCUT2D eigenvalue weighted by Gasteiger charge is -2.34. The fourth-order valence-corrected chi connectivity index (χ4v) is 2.98. The number of amides is 1. The minimum Gasteiger partial charge on any atom is -0.507 e. The SMILES string of the molecule is CN(C(=O)c1ccc(Br)c(O)c1)C1CCC(CO)CC1. The number of aliphatic hydroxyl groups is 1. The fraction of sp³-hybridized carbons (Fsp3) is 0.533. The standard InChI is InChI=1S/C15H20BrNO3/c1-17(12-5-2-10(9-18)3-6-12)15(20)11-4-7-13(16)14(19)8-11/h4,7-8,10,12,18-19H,2-3,5-6,9H2,1H3. The first-order chi connectivity index (χ1) is 9.52. The highest BCUT2D eigenvalue weighted by molar-refractivity contribution is 9.10. The third-order valence-electron chi connectivity index (χ3n) is 4.14. The van der Waals surface area contributed by atoms with Crippen LogP contribution in [0.3, 0.4) is 0 Å². The molecule has 2 rings (SSSR count). The number of aliphatic hydroxyl groups excluding tert-OH is 1. The van der Waals surface area contributed by atoms with Crippen molar-refractivity contribution in [1.82, 2.24) is 4.90 Å². The largest absolute Gasteiger partial charge is 0.507 e. The molecule has 0 saturated heterocycles. The molecule has 0 aliphatic heterocycles.